The van der Waals surface area contributed by atoms with E-state index in [2.05, 4.69) is 34.6 Å². The number of ether oxygens (including phenoxy) is 3. The molecule has 0 rings (SSSR count). The van der Waals surface area contributed by atoms with E-state index in [1.807, 2.05) is 0 Å². The van der Waals surface area contributed by atoms with E-state index in [1.54, 1.807) is 0 Å². The van der Waals surface area contributed by atoms with Gasteiger partial charge in [0, 0.05) is 19.3 Å². The third-order valence-corrected chi connectivity index (χ3v) is 13.1. The molecule has 0 heterocycles. The number of esters is 3. The first-order valence-corrected chi connectivity index (χ1v) is 27.8. The lowest BCUT2D eigenvalue weighted by molar-refractivity contribution is -0.167. The molecule has 0 aromatic heterocycles. The number of carbonyl (C=O) groups excluding carboxylic acids is 3. The molecule has 6 nitrogen and oxygen atoms in total. The van der Waals surface area contributed by atoms with Crippen molar-refractivity contribution in [2.24, 2.45) is 11.8 Å². The summed E-state index contributed by atoms with van der Waals surface area (Å²) in [5.41, 5.74) is 0. The van der Waals surface area contributed by atoms with E-state index in [-0.39, 0.29) is 31.1 Å². The summed E-state index contributed by atoms with van der Waals surface area (Å²) in [5, 5.41) is 0. The van der Waals surface area contributed by atoms with Gasteiger partial charge < -0.3 is 14.2 Å². The Balaban J connectivity index is 4.25. The van der Waals surface area contributed by atoms with Crippen LogP contribution in [0.15, 0.2) is 0 Å². The molecule has 0 aliphatic rings. The number of hydrogen-bond acceptors (Lipinski definition) is 6. The van der Waals surface area contributed by atoms with Gasteiger partial charge in [0.05, 0.1) is 0 Å². The summed E-state index contributed by atoms with van der Waals surface area (Å²) in [6, 6.07) is 0. The molecule has 2 atom stereocenters. The van der Waals surface area contributed by atoms with Crippen molar-refractivity contribution in [2.75, 3.05) is 13.2 Å². The fraction of sp³-hybridized carbons (Fsp3) is 0.946. The van der Waals surface area contributed by atoms with E-state index in [0.29, 0.717) is 19.3 Å². The lowest BCUT2D eigenvalue weighted by atomic mass is 9.99. The summed E-state index contributed by atoms with van der Waals surface area (Å²) < 4.78 is 16.8. The maximum Gasteiger partial charge on any atom is 0.306 e. The highest BCUT2D eigenvalue weighted by Crippen LogP contribution is 2.18. The Morgan fingerprint density at radius 2 is 0.613 bits per heavy atom. The summed E-state index contributed by atoms with van der Waals surface area (Å²) in [4.78, 5) is 38.0. The van der Waals surface area contributed by atoms with Crippen molar-refractivity contribution in [2.45, 2.75) is 317 Å². The minimum absolute atomic E-state index is 0.0631. The molecule has 368 valence electrons. The standard InChI is InChI=1S/C56H108O6/c1-6-8-9-10-11-12-19-28-33-38-43-48-56(59)62-53(50-61-55(58)47-42-37-32-27-23-22-25-30-35-40-45-52(5)7-2)49-60-54(57)46-41-36-31-26-21-18-16-14-13-15-17-20-24-29-34-39-44-51(3)4/h51-53H,6-50H2,1-5H3/t52?,53-/m0/s1. The van der Waals surface area contributed by atoms with E-state index in [9.17, 15) is 14.4 Å². The van der Waals surface area contributed by atoms with Gasteiger partial charge in [0.15, 0.2) is 6.10 Å². The zero-order chi connectivity index (χ0) is 45.4. The maximum atomic E-state index is 12.8. The predicted molar refractivity (Wildman–Crippen MR) is 266 cm³/mol. The minimum Gasteiger partial charge on any atom is -0.462 e. The van der Waals surface area contributed by atoms with Gasteiger partial charge in [-0.1, -0.05) is 272 Å². The Morgan fingerprint density at radius 3 is 0.919 bits per heavy atom. The summed E-state index contributed by atoms with van der Waals surface area (Å²) in [6.07, 6.45) is 50.8. The van der Waals surface area contributed by atoms with Crippen LogP contribution in [0.5, 0.6) is 0 Å². The molecule has 0 aromatic rings. The lowest BCUT2D eigenvalue weighted by Gasteiger charge is -2.18. The van der Waals surface area contributed by atoms with Gasteiger partial charge in [-0.25, -0.2) is 0 Å². The molecular formula is C56H108O6. The van der Waals surface area contributed by atoms with Crippen LogP contribution in [0.3, 0.4) is 0 Å². The van der Waals surface area contributed by atoms with Crippen LogP contribution in [0.25, 0.3) is 0 Å². The maximum absolute atomic E-state index is 12.8. The molecule has 0 aliphatic heterocycles. The second-order valence-electron chi connectivity index (χ2n) is 19.9. The summed E-state index contributed by atoms with van der Waals surface area (Å²) >= 11 is 0. The average Bonchev–Trinajstić information content (AvgIpc) is 3.26. The van der Waals surface area contributed by atoms with Gasteiger partial charge >= 0.3 is 17.9 Å². The summed E-state index contributed by atoms with van der Waals surface area (Å²) in [6.45, 7) is 11.4. The summed E-state index contributed by atoms with van der Waals surface area (Å²) in [7, 11) is 0. The van der Waals surface area contributed by atoms with Crippen molar-refractivity contribution < 1.29 is 28.6 Å². The molecule has 6 heteroatoms. The van der Waals surface area contributed by atoms with Crippen molar-refractivity contribution in [1.29, 1.82) is 0 Å². The number of rotatable bonds is 50. The highest BCUT2D eigenvalue weighted by atomic mass is 16.6. The van der Waals surface area contributed by atoms with Crippen LogP contribution in [0.1, 0.15) is 311 Å². The summed E-state index contributed by atoms with van der Waals surface area (Å²) in [5.74, 6) is 0.879. The SMILES string of the molecule is CCCCCCCCCCCCCC(=O)O[C@@H](COC(=O)CCCCCCCCCCCCCCCCCCC(C)C)COC(=O)CCCCCCCCCCCCC(C)CC. The van der Waals surface area contributed by atoms with Gasteiger partial charge in [-0.2, -0.15) is 0 Å². The van der Waals surface area contributed by atoms with E-state index >= 15 is 0 Å². The molecule has 0 amide bonds. The number of unbranched alkanes of at least 4 members (excludes halogenated alkanes) is 34. The Morgan fingerprint density at radius 1 is 0.339 bits per heavy atom. The Hall–Kier alpha value is -1.59. The molecule has 0 saturated carbocycles. The van der Waals surface area contributed by atoms with E-state index in [0.717, 1.165) is 69.6 Å². The van der Waals surface area contributed by atoms with Gasteiger partial charge in [-0.15, -0.1) is 0 Å². The smallest absolute Gasteiger partial charge is 0.306 e. The van der Waals surface area contributed by atoms with Crippen molar-refractivity contribution in [3.8, 4) is 0 Å². The van der Waals surface area contributed by atoms with Crippen molar-refractivity contribution >= 4 is 17.9 Å². The first-order chi connectivity index (χ1) is 30.3. The molecule has 62 heavy (non-hydrogen) atoms. The number of hydrogen-bond donors (Lipinski definition) is 0. The van der Waals surface area contributed by atoms with Crippen LogP contribution in [0, 0.1) is 11.8 Å². The second kappa shape index (κ2) is 48.9. The van der Waals surface area contributed by atoms with Gasteiger partial charge in [-0.05, 0) is 31.1 Å². The molecule has 0 spiro atoms. The van der Waals surface area contributed by atoms with Crippen LogP contribution in [0.2, 0.25) is 0 Å². The van der Waals surface area contributed by atoms with Crippen LogP contribution in [-0.4, -0.2) is 37.2 Å². The number of carbonyl (C=O) groups is 3. The molecule has 0 fully saturated rings. The quantitative estimate of drug-likeness (QED) is 0.0344. The van der Waals surface area contributed by atoms with Gasteiger partial charge in [0.2, 0.25) is 0 Å². The third-order valence-electron chi connectivity index (χ3n) is 13.1. The van der Waals surface area contributed by atoms with Gasteiger partial charge in [0.25, 0.3) is 0 Å². The lowest BCUT2D eigenvalue weighted by Crippen LogP contribution is -2.30. The molecule has 0 saturated heterocycles. The van der Waals surface area contributed by atoms with E-state index in [4.69, 9.17) is 14.2 Å². The highest BCUT2D eigenvalue weighted by Gasteiger charge is 2.19. The molecule has 0 bridgehead atoms. The Kier molecular flexibility index (Phi) is 47.6. The van der Waals surface area contributed by atoms with Crippen molar-refractivity contribution in [3.05, 3.63) is 0 Å². The monoisotopic (exact) mass is 877 g/mol. The molecular weight excluding hydrogens is 769 g/mol. The molecule has 0 radical (unpaired) electrons. The first-order valence-electron chi connectivity index (χ1n) is 27.8. The zero-order valence-electron chi connectivity index (χ0n) is 42.5. The van der Waals surface area contributed by atoms with E-state index in [1.165, 1.54) is 199 Å². The van der Waals surface area contributed by atoms with Crippen LogP contribution >= 0.6 is 0 Å². The van der Waals surface area contributed by atoms with Crippen LogP contribution < -0.4 is 0 Å². The topological polar surface area (TPSA) is 78.9 Å². The average molecular weight is 877 g/mol. The fourth-order valence-corrected chi connectivity index (χ4v) is 8.49. The molecule has 0 aliphatic carbocycles. The third kappa shape index (κ3) is 47.9. The van der Waals surface area contributed by atoms with Crippen LogP contribution in [-0.2, 0) is 28.6 Å². The van der Waals surface area contributed by atoms with Crippen molar-refractivity contribution in [1.82, 2.24) is 0 Å². The minimum atomic E-state index is -0.762. The van der Waals surface area contributed by atoms with Gasteiger partial charge in [0.1, 0.15) is 13.2 Å². The van der Waals surface area contributed by atoms with Crippen molar-refractivity contribution in [3.63, 3.8) is 0 Å². The second-order valence-corrected chi connectivity index (χ2v) is 19.9. The largest absolute Gasteiger partial charge is 0.462 e. The molecule has 1 unspecified atom stereocenters. The molecule has 0 aromatic carbocycles. The van der Waals surface area contributed by atoms with Gasteiger partial charge in [-0.3, -0.25) is 14.4 Å². The van der Waals surface area contributed by atoms with E-state index < -0.39 is 6.10 Å². The first kappa shape index (κ1) is 60.4. The Bertz CT molecular complexity index is 949. The predicted octanol–water partition coefficient (Wildman–Crippen LogP) is 18.1. The normalized spacial score (nSPS) is 12.5. The highest BCUT2D eigenvalue weighted by molar-refractivity contribution is 5.71. The Labute approximate surface area is 387 Å². The zero-order valence-corrected chi connectivity index (χ0v) is 42.5. The fourth-order valence-electron chi connectivity index (χ4n) is 8.49. The van der Waals surface area contributed by atoms with Crippen LogP contribution in [0.4, 0.5) is 0 Å². The molecule has 0 N–H and O–H groups in total.